The summed E-state index contributed by atoms with van der Waals surface area (Å²) in [5.41, 5.74) is 0.545. The van der Waals surface area contributed by atoms with Crippen molar-refractivity contribution < 1.29 is 19.4 Å². The summed E-state index contributed by atoms with van der Waals surface area (Å²) in [6.07, 6.45) is 0.215. The highest BCUT2D eigenvalue weighted by Crippen LogP contribution is 2.31. The summed E-state index contributed by atoms with van der Waals surface area (Å²) in [6.45, 7) is 0. The van der Waals surface area contributed by atoms with Crippen LogP contribution in [0.2, 0.25) is 0 Å². The summed E-state index contributed by atoms with van der Waals surface area (Å²) >= 11 is 0. The molecule has 0 fully saturated rings. The van der Waals surface area contributed by atoms with Crippen LogP contribution in [-0.2, 0) is 4.79 Å². The summed E-state index contributed by atoms with van der Waals surface area (Å²) in [7, 11) is 0. The van der Waals surface area contributed by atoms with Gasteiger partial charge in [0.15, 0.2) is 0 Å². The molecule has 4 heteroatoms. The average Bonchev–Trinajstić information content (AvgIpc) is 2.83. The number of aliphatic hydroxyl groups excluding tert-OH is 1. The number of rotatable bonds is 4. The number of aliphatic carboxylic acids is 1. The molecule has 2 rings (SSSR count). The Morgan fingerprint density at radius 1 is 1.12 bits per heavy atom. The quantitative estimate of drug-likeness (QED) is 0.847. The predicted octanol–water partition coefficient (Wildman–Crippen LogP) is 2.18. The molecule has 88 valence electrons. The van der Waals surface area contributed by atoms with E-state index in [1.54, 1.807) is 42.5 Å². The molecule has 0 unspecified atom stereocenters. The SMILES string of the molecule is O=C(O)[C@@H](c1ccccc1)[C@@H](O)c1ccco1. The zero-order valence-corrected chi connectivity index (χ0v) is 8.98. The standard InChI is InChI=1S/C13H12O4/c14-12(10-7-4-8-17-10)11(13(15)16)9-5-2-1-3-6-9/h1-8,11-12,14H,(H,15,16)/t11-,12-/m0/s1. The van der Waals surface area contributed by atoms with Crippen LogP contribution >= 0.6 is 0 Å². The number of furan rings is 1. The Hall–Kier alpha value is -2.07. The van der Waals surface area contributed by atoms with Gasteiger partial charge in [-0.1, -0.05) is 30.3 Å². The summed E-state index contributed by atoms with van der Waals surface area (Å²) in [5, 5.41) is 19.2. The van der Waals surface area contributed by atoms with Crippen LogP contribution < -0.4 is 0 Å². The van der Waals surface area contributed by atoms with Crippen molar-refractivity contribution in [3.8, 4) is 0 Å². The molecule has 0 aliphatic carbocycles. The number of benzene rings is 1. The number of carboxylic acids is 1. The van der Waals surface area contributed by atoms with Gasteiger partial charge >= 0.3 is 5.97 Å². The molecule has 0 aliphatic rings. The molecule has 1 aromatic heterocycles. The van der Waals surface area contributed by atoms with E-state index in [1.165, 1.54) is 6.26 Å². The Bertz CT molecular complexity index is 475. The fraction of sp³-hybridized carbons (Fsp3) is 0.154. The van der Waals surface area contributed by atoms with E-state index in [9.17, 15) is 15.0 Å². The summed E-state index contributed by atoms with van der Waals surface area (Å²) in [5.74, 6) is -1.86. The minimum Gasteiger partial charge on any atom is -0.481 e. The lowest BCUT2D eigenvalue weighted by atomic mass is 9.92. The van der Waals surface area contributed by atoms with Gasteiger partial charge in [-0.2, -0.15) is 0 Å². The van der Waals surface area contributed by atoms with Crippen molar-refractivity contribution in [3.63, 3.8) is 0 Å². The van der Waals surface area contributed by atoms with Crippen LogP contribution in [0.15, 0.2) is 53.1 Å². The maximum absolute atomic E-state index is 11.2. The van der Waals surface area contributed by atoms with Crippen molar-refractivity contribution in [2.45, 2.75) is 12.0 Å². The zero-order chi connectivity index (χ0) is 12.3. The van der Waals surface area contributed by atoms with Crippen LogP contribution in [0.5, 0.6) is 0 Å². The molecular weight excluding hydrogens is 220 g/mol. The molecule has 0 radical (unpaired) electrons. The first kappa shape index (κ1) is 11.4. The molecule has 2 N–H and O–H groups in total. The molecule has 1 heterocycles. The third-order valence-electron chi connectivity index (χ3n) is 2.58. The smallest absolute Gasteiger partial charge is 0.314 e. The lowest BCUT2D eigenvalue weighted by Crippen LogP contribution is -2.19. The maximum Gasteiger partial charge on any atom is 0.314 e. The number of carboxylic acid groups (broad SMARTS) is 1. The van der Waals surface area contributed by atoms with Crippen LogP contribution in [0.1, 0.15) is 23.3 Å². The Labute approximate surface area is 98.1 Å². The van der Waals surface area contributed by atoms with E-state index in [1.807, 2.05) is 0 Å². The fourth-order valence-electron chi connectivity index (χ4n) is 1.74. The number of carbonyl (C=O) groups is 1. The first-order chi connectivity index (χ1) is 8.20. The minimum atomic E-state index is -1.19. The molecule has 0 saturated heterocycles. The second kappa shape index (κ2) is 4.84. The molecule has 0 spiro atoms. The van der Waals surface area contributed by atoms with Crippen LogP contribution in [-0.4, -0.2) is 16.2 Å². The molecular formula is C13H12O4. The van der Waals surface area contributed by atoms with Gasteiger partial charge in [0, 0.05) is 0 Å². The Morgan fingerprint density at radius 3 is 2.35 bits per heavy atom. The van der Waals surface area contributed by atoms with Crippen molar-refractivity contribution >= 4 is 5.97 Å². The number of hydrogen-bond acceptors (Lipinski definition) is 3. The van der Waals surface area contributed by atoms with Crippen LogP contribution in [0.4, 0.5) is 0 Å². The van der Waals surface area contributed by atoms with E-state index in [0.29, 0.717) is 5.56 Å². The molecule has 2 aromatic rings. The molecule has 17 heavy (non-hydrogen) atoms. The third-order valence-corrected chi connectivity index (χ3v) is 2.58. The third kappa shape index (κ3) is 2.37. The minimum absolute atomic E-state index is 0.251. The van der Waals surface area contributed by atoms with Crippen LogP contribution in [0.3, 0.4) is 0 Å². The Kier molecular flexibility index (Phi) is 3.25. The van der Waals surface area contributed by atoms with E-state index in [2.05, 4.69) is 0 Å². The number of hydrogen-bond donors (Lipinski definition) is 2. The van der Waals surface area contributed by atoms with Crippen LogP contribution in [0, 0.1) is 0 Å². The Balaban J connectivity index is 2.34. The van der Waals surface area contributed by atoms with Crippen molar-refractivity contribution in [3.05, 3.63) is 60.1 Å². The molecule has 1 aromatic carbocycles. The van der Waals surface area contributed by atoms with Gasteiger partial charge in [0.2, 0.25) is 0 Å². The number of aliphatic hydroxyl groups is 1. The van der Waals surface area contributed by atoms with Gasteiger partial charge in [-0.3, -0.25) is 4.79 Å². The van der Waals surface area contributed by atoms with Gasteiger partial charge in [0.25, 0.3) is 0 Å². The van der Waals surface area contributed by atoms with Crippen molar-refractivity contribution in [2.24, 2.45) is 0 Å². The summed E-state index contributed by atoms with van der Waals surface area (Å²) in [6, 6.07) is 11.8. The highest BCUT2D eigenvalue weighted by atomic mass is 16.4. The Morgan fingerprint density at radius 2 is 1.82 bits per heavy atom. The molecule has 0 saturated carbocycles. The maximum atomic E-state index is 11.2. The first-order valence-corrected chi connectivity index (χ1v) is 5.19. The fourth-order valence-corrected chi connectivity index (χ4v) is 1.74. The van der Waals surface area contributed by atoms with Gasteiger partial charge in [-0.25, -0.2) is 0 Å². The van der Waals surface area contributed by atoms with E-state index < -0.39 is 18.0 Å². The van der Waals surface area contributed by atoms with Gasteiger partial charge in [-0.05, 0) is 17.7 Å². The zero-order valence-electron chi connectivity index (χ0n) is 8.98. The van der Waals surface area contributed by atoms with Crippen LogP contribution in [0.25, 0.3) is 0 Å². The normalized spacial score (nSPS) is 14.2. The second-order valence-corrected chi connectivity index (χ2v) is 3.69. The molecule has 2 atom stereocenters. The lowest BCUT2D eigenvalue weighted by molar-refractivity contribution is -0.142. The monoisotopic (exact) mass is 232 g/mol. The van der Waals surface area contributed by atoms with Crippen molar-refractivity contribution in [1.82, 2.24) is 0 Å². The van der Waals surface area contributed by atoms with Gasteiger partial charge in [0.05, 0.1) is 6.26 Å². The predicted molar refractivity (Wildman–Crippen MR) is 60.5 cm³/mol. The van der Waals surface area contributed by atoms with E-state index in [-0.39, 0.29) is 5.76 Å². The summed E-state index contributed by atoms with van der Waals surface area (Å²) < 4.78 is 5.03. The highest BCUT2D eigenvalue weighted by molar-refractivity contribution is 5.77. The van der Waals surface area contributed by atoms with E-state index in [4.69, 9.17) is 4.42 Å². The molecule has 0 bridgehead atoms. The van der Waals surface area contributed by atoms with E-state index in [0.717, 1.165) is 0 Å². The van der Waals surface area contributed by atoms with Gasteiger partial charge in [-0.15, -0.1) is 0 Å². The first-order valence-electron chi connectivity index (χ1n) is 5.19. The van der Waals surface area contributed by atoms with Gasteiger partial charge < -0.3 is 14.6 Å². The topological polar surface area (TPSA) is 70.7 Å². The molecule has 0 amide bonds. The average molecular weight is 232 g/mol. The van der Waals surface area contributed by atoms with Crippen molar-refractivity contribution in [2.75, 3.05) is 0 Å². The highest BCUT2D eigenvalue weighted by Gasteiger charge is 2.31. The largest absolute Gasteiger partial charge is 0.481 e. The van der Waals surface area contributed by atoms with Crippen molar-refractivity contribution in [1.29, 1.82) is 0 Å². The molecule has 4 nitrogen and oxygen atoms in total. The molecule has 0 aliphatic heterocycles. The summed E-state index contributed by atoms with van der Waals surface area (Å²) in [4.78, 5) is 11.2. The lowest BCUT2D eigenvalue weighted by Gasteiger charge is -2.17. The van der Waals surface area contributed by atoms with Gasteiger partial charge in [0.1, 0.15) is 17.8 Å². The second-order valence-electron chi connectivity index (χ2n) is 3.69. The van der Waals surface area contributed by atoms with E-state index >= 15 is 0 Å².